The van der Waals surface area contributed by atoms with Gasteiger partial charge in [0.1, 0.15) is 11.3 Å². The van der Waals surface area contributed by atoms with Gasteiger partial charge < -0.3 is 9.32 Å². The Labute approximate surface area is 171 Å². The van der Waals surface area contributed by atoms with E-state index >= 15 is 0 Å². The number of barbiturate groups is 1. The topological polar surface area (TPSA) is 82.9 Å². The monoisotopic (exact) mass is 421 g/mol. The molecule has 28 heavy (non-hydrogen) atoms. The van der Waals surface area contributed by atoms with E-state index < -0.39 is 17.8 Å². The second-order valence-corrected chi connectivity index (χ2v) is 6.66. The van der Waals surface area contributed by atoms with Crippen molar-refractivity contribution >= 4 is 58.7 Å². The lowest BCUT2D eigenvalue weighted by atomic mass is 10.1. The summed E-state index contributed by atoms with van der Waals surface area (Å²) < 4.78 is 5.70. The van der Waals surface area contributed by atoms with E-state index in [0.717, 1.165) is 18.0 Å². The molecule has 1 aliphatic rings. The minimum Gasteiger partial charge on any atom is -0.441 e. The summed E-state index contributed by atoms with van der Waals surface area (Å²) in [5.74, 6) is -0.706. The van der Waals surface area contributed by atoms with Gasteiger partial charge in [-0.2, -0.15) is 0 Å². The Balaban J connectivity index is 1.98. The van der Waals surface area contributed by atoms with Gasteiger partial charge in [-0.15, -0.1) is 0 Å². The first-order chi connectivity index (χ1) is 13.4. The molecule has 0 atom stereocenters. The number of carbonyl (C=O) groups excluding carboxylic acids is 3. The van der Waals surface area contributed by atoms with Gasteiger partial charge in [-0.05, 0) is 38.1 Å². The molecule has 146 valence electrons. The third-order valence-corrected chi connectivity index (χ3v) is 5.06. The van der Waals surface area contributed by atoms with E-state index in [1.165, 1.54) is 18.2 Å². The van der Waals surface area contributed by atoms with E-state index in [0.29, 0.717) is 11.6 Å². The Hall–Kier alpha value is -2.77. The Kier molecular flexibility index (Phi) is 5.76. The van der Waals surface area contributed by atoms with E-state index in [4.69, 9.17) is 27.6 Å². The zero-order valence-electron chi connectivity index (χ0n) is 15.2. The number of nitrogens with zero attached hydrogens (tertiary/aromatic N) is 2. The van der Waals surface area contributed by atoms with Crippen LogP contribution in [0, 0.1) is 0 Å². The molecule has 4 amide bonds. The molecule has 3 rings (SSSR count). The van der Waals surface area contributed by atoms with Crippen LogP contribution < -0.4 is 15.1 Å². The van der Waals surface area contributed by atoms with Crippen LogP contribution in [0.3, 0.4) is 0 Å². The van der Waals surface area contributed by atoms with Gasteiger partial charge in [-0.3, -0.25) is 14.9 Å². The number of nitrogens with one attached hydrogen (secondary N) is 1. The zero-order valence-corrected chi connectivity index (χ0v) is 16.7. The van der Waals surface area contributed by atoms with Crippen LogP contribution in [-0.4, -0.2) is 30.9 Å². The first-order valence-electron chi connectivity index (χ1n) is 8.57. The fourth-order valence-electron chi connectivity index (χ4n) is 2.81. The van der Waals surface area contributed by atoms with E-state index in [1.807, 2.05) is 18.7 Å². The number of anilines is 2. The predicted molar refractivity (Wildman–Crippen MR) is 108 cm³/mol. The molecule has 1 aromatic carbocycles. The van der Waals surface area contributed by atoms with Crippen molar-refractivity contribution in [1.29, 1.82) is 0 Å². The lowest BCUT2D eigenvalue weighted by Gasteiger charge is -2.27. The molecule has 1 fully saturated rings. The van der Waals surface area contributed by atoms with Gasteiger partial charge >= 0.3 is 6.03 Å². The van der Waals surface area contributed by atoms with Gasteiger partial charge in [-0.25, -0.2) is 9.69 Å². The fraction of sp³-hybridized carbons (Fsp3) is 0.211. The van der Waals surface area contributed by atoms with Gasteiger partial charge in [0.05, 0.1) is 15.7 Å². The average Bonchev–Trinajstić information content (AvgIpc) is 3.11. The molecule has 9 heteroatoms. The molecule has 1 saturated heterocycles. The van der Waals surface area contributed by atoms with Gasteiger partial charge in [0.2, 0.25) is 0 Å². The van der Waals surface area contributed by atoms with Crippen molar-refractivity contribution in [3.63, 3.8) is 0 Å². The van der Waals surface area contributed by atoms with E-state index in [-0.39, 0.29) is 21.3 Å². The molecule has 1 aromatic heterocycles. The molecule has 0 unspecified atom stereocenters. The maximum absolute atomic E-state index is 12.9. The molecule has 1 aliphatic heterocycles. The number of imide groups is 2. The minimum atomic E-state index is -0.903. The maximum Gasteiger partial charge on any atom is 0.336 e. The summed E-state index contributed by atoms with van der Waals surface area (Å²) in [6.45, 7) is 5.46. The number of halogens is 2. The molecular weight excluding hydrogens is 405 g/mol. The number of urea groups is 1. The Morgan fingerprint density at radius 3 is 2.50 bits per heavy atom. The maximum atomic E-state index is 12.9. The van der Waals surface area contributed by atoms with Crippen LogP contribution in [0.15, 0.2) is 40.3 Å². The summed E-state index contributed by atoms with van der Waals surface area (Å²) in [5.41, 5.74) is -0.172. The molecule has 7 nitrogen and oxygen atoms in total. The van der Waals surface area contributed by atoms with Crippen molar-refractivity contribution in [1.82, 2.24) is 5.32 Å². The van der Waals surface area contributed by atoms with Crippen molar-refractivity contribution in [3.05, 3.63) is 51.7 Å². The van der Waals surface area contributed by atoms with E-state index in [9.17, 15) is 14.4 Å². The van der Waals surface area contributed by atoms with Crippen molar-refractivity contribution in [2.75, 3.05) is 22.9 Å². The first kappa shape index (κ1) is 20.0. The number of amides is 4. The van der Waals surface area contributed by atoms with Crippen LogP contribution >= 0.6 is 23.2 Å². The zero-order chi connectivity index (χ0) is 20.4. The highest BCUT2D eigenvalue weighted by atomic mass is 35.5. The average molecular weight is 422 g/mol. The summed E-state index contributed by atoms with van der Waals surface area (Å²) in [4.78, 5) is 40.1. The summed E-state index contributed by atoms with van der Waals surface area (Å²) in [5, 5.41) is 2.34. The van der Waals surface area contributed by atoms with Gasteiger partial charge in [0.15, 0.2) is 5.88 Å². The molecule has 2 aromatic rings. The molecule has 0 radical (unpaired) electrons. The van der Waals surface area contributed by atoms with Gasteiger partial charge in [-0.1, -0.05) is 29.3 Å². The lowest BCUT2D eigenvalue weighted by Crippen LogP contribution is -2.54. The van der Waals surface area contributed by atoms with Crippen LogP contribution in [-0.2, 0) is 9.59 Å². The summed E-state index contributed by atoms with van der Waals surface area (Å²) >= 11 is 12.1. The predicted octanol–water partition coefficient (Wildman–Crippen LogP) is 4.10. The van der Waals surface area contributed by atoms with Gasteiger partial charge in [0, 0.05) is 19.2 Å². The quantitative estimate of drug-likeness (QED) is 0.580. The largest absolute Gasteiger partial charge is 0.441 e. The molecule has 1 N–H and O–H groups in total. The molecule has 0 saturated carbocycles. The van der Waals surface area contributed by atoms with Gasteiger partial charge in [0.25, 0.3) is 11.8 Å². The molecule has 0 spiro atoms. The van der Waals surface area contributed by atoms with Crippen molar-refractivity contribution < 1.29 is 18.8 Å². The number of benzene rings is 1. The number of rotatable bonds is 5. The Morgan fingerprint density at radius 2 is 1.82 bits per heavy atom. The van der Waals surface area contributed by atoms with Crippen molar-refractivity contribution in [2.45, 2.75) is 13.8 Å². The second kappa shape index (κ2) is 8.08. The lowest BCUT2D eigenvalue weighted by molar-refractivity contribution is -0.122. The SMILES string of the molecule is CCN(CC)c1ccc(/C=C2\C(=O)NC(=O)N(c3cccc(Cl)c3Cl)C2=O)o1. The number of hydrogen-bond donors (Lipinski definition) is 1. The van der Waals surface area contributed by atoms with E-state index in [1.54, 1.807) is 18.2 Å². The Bertz CT molecular complexity index is 979. The minimum absolute atomic E-state index is 0.0307. The summed E-state index contributed by atoms with van der Waals surface area (Å²) in [6.07, 6.45) is 1.29. The Morgan fingerprint density at radius 1 is 1.11 bits per heavy atom. The van der Waals surface area contributed by atoms with E-state index in [2.05, 4.69) is 5.32 Å². The third-order valence-electron chi connectivity index (χ3n) is 4.25. The number of hydrogen-bond acceptors (Lipinski definition) is 5. The number of carbonyl (C=O) groups is 3. The number of furan rings is 1. The smallest absolute Gasteiger partial charge is 0.336 e. The van der Waals surface area contributed by atoms with Crippen LogP contribution in [0.2, 0.25) is 10.0 Å². The van der Waals surface area contributed by atoms with Crippen LogP contribution in [0.1, 0.15) is 19.6 Å². The highest BCUT2D eigenvalue weighted by Crippen LogP contribution is 2.34. The normalized spacial score (nSPS) is 15.9. The third kappa shape index (κ3) is 3.63. The molecule has 0 aliphatic carbocycles. The summed E-state index contributed by atoms with van der Waals surface area (Å²) in [6, 6.07) is 7.03. The van der Waals surface area contributed by atoms with Crippen LogP contribution in [0.25, 0.3) is 6.08 Å². The highest BCUT2D eigenvalue weighted by Gasteiger charge is 2.38. The first-order valence-corrected chi connectivity index (χ1v) is 9.33. The highest BCUT2D eigenvalue weighted by molar-refractivity contribution is 6.46. The molecular formula is C19H17Cl2N3O4. The fourth-order valence-corrected chi connectivity index (χ4v) is 3.19. The summed E-state index contributed by atoms with van der Waals surface area (Å²) in [7, 11) is 0. The molecule has 0 bridgehead atoms. The van der Waals surface area contributed by atoms with Crippen molar-refractivity contribution in [2.24, 2.45) is 0 Å². The van der Waals surface area contributed by atoms with Crippen LogP contribution in [0.4, 0.5) is 16.4 Å². The van der Waals surface area contributed by atoms with Crippen molar-refractivity contribution in [3.8, 4) is 0 Å². The standard InChI is InChI=1S/C19H17Cl2N3O4/c1-3-23(4-2)15-9-8-11(28-15)10-12-17(25)22-19(27)24(18(12)26)14-7-5-6-13(20)16(14)21/h5-10H,3-4H2,1-2H3,(H,22,25,27)/b12-10+. The van der Waals surface area contributed by atoms with Crippen LogP contribution in [0.5, 0.6) is 0 Å². The molecule has 2 heterocycles. The second-order valence-electron chi connectivity index (χ2n) is 5.88.